The third-order valence-electron chi connectivity index (χ3n) is 3.53. The number of aryl methyl sites for hydroxylation is 1. The molecule has 1 atom stereocenters. The van der Waals surface area contributed by atoms with E-state index < -0.39 is 11.9 Å². The number of aromatic nitrogens is 3. The number of carbonyl (C=O) groups excluding carboxylic acids is 1. The summed E-state index contributed by atoms with van der Waals surface area (Å²) in [6, 6.07) is 7.34. The minimum Gasteiger partial charge on any atom is -0.491 e. The molecule has 2 aromatic heterocycles. The molecule has 2 heterocycles. The number of fused-ring (bicyclic) bond motifs is 1. The third kappa shape index (κ3) is 3.92. The average molecular weight is 344 g/mol. The van der Waals surface area contributed by atoms with E-state index in [2.05, 4.69) is 15.4 Å². The first kappa shape index (κ1) is 16.8. The Morgan fingerprint density at radius 1 is 1.44 bits per heavy atom. The zero-order chi connectivity index (χ0) is 17.8. The second-order valence-corrected chi connectivity index (χ2v) is 5.48. The summed E-state index contributed by atoms with van der Waals surface area (Å²) in [6.45, 7) is 1.63. The first-order valence-corrected chi connectivity index (χ1v) is 7.69. The van der Waals surface area contributed by atoms with Crippen molar-refractivity contribution in [2.45, 2.75) is 13.0 Å². The lowest BCUT2D eigenvalue weighted by molar-refractivity contribution is 0.0844. The second-order valence-electron chi connectivity index (χ2n) is 5.48. The van der Waals surface area contributed by atoms with Crippen LogP contribution < -0.4 is 10.1 Å². The van der Waals surface area contributed by atoms with Crippen LogP contribution in [-0.4, -0.2) is 44.9 Å². The highest BCUT2D eigenvalue weighted by molar-refractivity contribution is 6.00. The number of amides is 1. The van der Waals surface area contributed by atoms with E-state index >= 15 is 0 Å². The summed E-state index contributed by atoms with van der Waals surface area (Å²) in [6.07, 6.45) is 2.34. The molecule has 0 fully saturated rings. The lowest BCUT2D eigenvalue weighted by atomic mass is 10.2. The van der Waals surface area contributed by atoms with E-state index in [4.69, 9.17) is 4.74 Å². The van der Waals surface area contributed by atoms with Crippen LogP contribution in [0, 0.1) is 12.7 Å². The molecule has 0 bridgehead atoms. The number of aliphatic hydroxyl groups is 1. The van der Waals surface area contributed by atoms with E-state index in [9.17, 15) is 14.3 Å². The van der Waals surface area contributed by atoms with Crippen molar-refractivity contribution in [2.75, 3.05) is 13.2 Å². The number of hydrogen-bond acceptors (Lipinski definition) is 5. The number of ether oxygens (including phenoxy) is 1. The Kier molecular flexibility index (Phi) is 4.90. The lowest BCUT2D eigenvalue weighted by Gasteiger charge is -2.13. The molecule has 25 heavy (non-hydrogen) atoms. The topological polar surface area (TPSA) is 88.8 Å². The highest BCUT2D eigenvalue weighted by atomic mass is 19.1. The molecule has 3 aromatic rings. The van der Waals surface area contributed by atoms with Crippen molar-refractivity contribution >= 4 is 11.6 Å². The quantitative estimate of drug-likeness (QED) is 0.705. The highest BCUT2D eigenvalue weighted by Crippen LogP contribution is 2.13. The lowest BCUT2D eigenvalue weighted by Crippen LogP contribution is -2.35. The maximum absolute atomic E-state index is 13.1. The van der Waals surface area contributed by atoms with Gasteiger partial charge in [0.15, 0.2) is 5.65 Å². The number of hydrogen-bond donors (Lipinski definition) is 2. The Bertz CT molecular complexity index is 896. The van der Waals surface area contributed by atoms with Crippen molar-refractivity contribution in [2.24, 2.45) is 0 Å². The van der Waals surface area contributed by atoms with Gasteiger partial charge in [-0.2, -0.15) is 5.10 Å². The summed E-state index contributed by atoms with van der Waals surface area (Å²) < 4.78 is 19.9. The van der Waals surface area contributed by atoms with Gasteiger partial charge in [-0.3, -0.25) is 4.79 Å². The predicted octanol–water partition coefficient (Wildman–Crippen LogP) is 1.35. The Labute approximate surface area is 143 Å². The minimum absolute atomic E-state index is 0.0161. The van der Waals surface area contributed by atoms with E-state index in [1.165, 1.54) is 22.7 Å². The number of nitrogens with one attached hydrogen (secondary N) is 1. The fourth-order valence-electron chi connectivity index (χ4n) is 2.37. The van der Waals surface area contributed by atoms with Crippen LogP contribution in [0.4, 0.5) is 4.39 Å². The van der Waals surface area contributed by atoms with E-state index in [1.807, 2.05) is 0 Å². The molecular formula is C17H17FN4O3. The molecule has 7 nitrogen and oxygen atoms in total. The van der Waals surface area contributed by atoms with Crippen LogP contribution in [0.1, 0.15) is 16.1 Å². The highest BCUT2D eigenvalue weighted by Gasteiger charge is 2.18. The van der Waals surface area contributed by atoms with Gasteiger partial charge in [0.05, 0.1) is 5.69 Å². The van der Waals surface area contributed by atoms with Gasteiger partial charge in [-0.25, -0.2) is 13.9 Å². The number of carbonyl (C=O) groups is 1. The Morgan fingerprint density at radius 3 is 3.08 bits per heavy atom. The number of halogens is 1. The van der Waals surface area contributed by atoms with E-state index in [0.717, 1.165) is 0 Å². The number of aliphatic hydroxyl groups excluding tert-OH is 1. The van der Waals surface area contributed by atoms with Gasteiger partial charge in [-0.1, -0.05) is 6.07 Å². The normalized spacial score (nSPS) is 12.1. The Balaban J connectivity index is 1.57. The molecule has 0 aliphatic rings. The zero-order valence-corrected chi connectivity index (χ0v) is 13.5. The molecule has 0 aliphatic heterocycles. The van der Waals surface area contributed by atoms with Crippen LogP contribution in [0.15, 0.2) is 42.7 Å². The molecule has 130 valence electrons. The van der Waals surface area contributed by atoms with Crippen molar-refractivity contribution in [3.8, 4) is 5.75 Å². The molecule has 1 aromatic carbocycles. The van der Waals surface area contributed by atoms with E-state index in [0.29, 0.717) is 22.7 Å². The van der Waals surface area contributed by atoms with Crippen molar-refractivity contribution in [1.29, 1.82) is 0 Å². The summed E-state index contributed by atoms with van der Waals surface area (Å²) in [5.74, 6) is -0.486. The van der Waals surface area contributed by atoms with Gasteiger partial charge >= 0.3 is 0 Å². The van der Waals surface area contributed by atoms with Crippen LogP contribution in [0.25, 0.3) is 5.65 Å². The number of rotatable bonds is 6. The molecule has 8 heteroatoms. The predicted molar refractivity (Wildman–Crippen MR) is 88.0 cm³/mol. The summed E-state index contributed by atoms with van der Waals surface area (Å²) in [5, 5.41) is 16.8. The maximum Gasteiger partial charge on any atom is 0.257 e. The van der Waals surface area contributed by atoms with Crippen molar-refractivity contribution in [1.82, 2.24) is 19.9 Å². The SMILES string of the molecule is Cc1nn2cccnc2c1C(=O)NC[C@@H](O)COc1cccc(F)c1. The molecule has 0 radical (unpaired) electrons. The smallest absolute Gasteiger partial charge is 0.257 e. The van der Waals surface area contributed by atoms with E-state index in [-0.39, 0.29) is 19.1 Å². The van der Waals surface area contributed by atoms with Crippen LogP contribution in [-0.2, 0) is 0 Å². The molecule has 0 aliphatic carbocycles. The van der Waals surface area contributed by atoms with Gasteiger partial charge in [0.25, 0.3) is 5.91 Å². The summed E-state index contributed by atoms with van der Waals surface area (Å²) in [4.78, 5) is 16.5. The molecule has 2 N–H and O–H groups in total. The third-order valence-corrected chi connectivity index (χ3v) is 3.53. The summed E-state index contributed by atoms with van der Waals surface area (Å²) >= 11 is 0. The van der Waals surface area contributed by atoms with Gasteiger partial charge in [0.2, 0.25) is 0 Å². The van der Waals surface area contributed by atoms with Crippen LogP contribution >= 0.6 is 0 Å². The standard InChI is InChI=1S/C17H17FN4O3/c1-11-15(16-19-6-3-7-22(16)21-11)17(24)20-9-13(23)10-25-14-5-2-4-12(18)8-14/h2-8,13,23H,9-10H2,1H3,(H,20,24)/t13-/m1/s1. The zero-order valence-electron chi connectivity index (χ0n) is 13.5. The first-order chi connectivity index (χ1) is 12.0. The average Bonchev–Trinajstić information content (AvgIpc) is 2.93. The van der Waals surface area contributed by atoms with Crippen LogP contribution in [0.2, 0.25) is 0 Å². The fourth-order valence-corrected chi connectivity index (χ4v) is 2.37. The molecule has 0 saturated carbocycles. The van der Waals surface area contributed by atoms with Gasteiger partial charge < -0.3 is 15.2 Å². The largest absolute Gasteiger partial charge is 0.491 e. The van der Waals surface area contributed by atoms with Crippen molar-refractivity contribution in [3.05, 3.63) is 59.8 Å². The fraction of sp³-hybridized carbons (Fsp3) is 0.235. The van der Waals surface area contributed by atoms with E-state index in [1.54, 1.807) is 31.5 Å². The van der Waals surface area contributed by atoms with Gasteiger partial charge in [0, 0.05) is 25.0 Å². The molecule has 0 spiro atoms. The Hall–Kier alpha value is -3.00. The van der Waals surface area contributed by atoms with Crippen molar-refractivity contribution < 1.29 is 19.0 Å². The van der Waals surface area contributed by atoms with Crippen molar-refractivity contribution in [3.63, 3.8) is 0 Å². The molecule has 0 unspecified atom stereocenters. The molecule has 1 amide bonds. The maximum atomic E-state index is 13.1. The molecule has 3 rings (SSSR count). The van der Waals surface area contributed by atoms with Crippen LogP contribution in [0.3, 0.4) is 0 Å². The minimum atomic E-state index is -0.942. The molecular weight excluding hydrogens is 327 g/mol. The van der Waals surface area contributed by atoms with Gasteiger partial charge in [0.1, 0.15) is 29.8 Å². The first-order valence-electron chi connectivity index (χ1n) is 7.69. The molecule has 0 saturated heterocycles. The summed E-state index contributed by atoms with van der Waals surface area (Å²) in [5.41, 5.74) is 1.35. The number of benzene rings is 1. The number of nitrogens with zero attached hydrogens (tertiary/aromatic N) is 3. The second kappa shape index (κ2) is 7.27. The summed E-state index contributed by atoms with van der Waals surface area (Å²) in [7, 11) is 0. The van der Waals surface area contributed by atoms with Gasteiger partial charge in [-0.15, -0.1) is 0 Å². The van der Waals surface area contributed by atoms with Gasteiger partial charge in [-0.05, 0) is 25.1 Å². The van der Waals surface area contributed by atoms with Crippen LogP contribution in [0.5, 0.6) is 5.75 Å². The monoisotopic (exact) mass is 344 g/mol. The Morgan fingerprint density at radius 2 is 2.28 bits per heavy atom.